The lowest BCUT2D eigenvalue weighted by Crippen LogP contribution is -2.36. The molecular weight excluding hydrogens is 216 g/mol. The van der Waals surface area contributed by atoms with Crippen LogP contribution in [0.1, 0.15) is 26.3 Å². The van der Waals surface area contributed by atoms with Crippen molar-refractivity contribution in [2.75, 3.05) is 13.1 Å². The highest BCUT2D eigenvalue weighted by Gasteiger charge is 2.31. The predicted molar refractivity (Wildman–Crippen MR) is 65.3 cm³/mol. The molecule has 2 N–H and O–H groups in total. The van der Waals surface area contributed by atoms with Crippen molar-refractivity contribution in [2.24, 2.45) is 11.7 Å². The highest BCUT2D eigenvalue weighted by Crippen LogP contribution is 2.21. The van der Waals surface area contributed by atoms with Gasteiger partial charge in [0.15, 0.2) is 0 Å². The number of carbonyl (C=O) groups excluding carboxylic acids is 1. The van der Waals surface area contributed by atoms with Crippen LogP contribution in [0.4, 0.5) is 0 Å². The maximum Gasteiger partial charge on any atom is 0.247 e. The summed E-state index contributed by atoms with van der Waals surface area (Å²) in [6.45, 7) is 5.49. The average Bonchev–Trinajstić information content (AvgIpc) is 2.97. The lowest BCUT2D eigenvalue weighted by Gasteiger charge is -2.22. The maximum atomic E-state index is 12.2. The summed E-state index contributed by atoms with van der Waals surface area (Å²) >= 11 is 0. The number of hydrogen-bond donors (Lipinski definition) is 1. The minimum atomic E-state index is -0.225. The topological polar surface area (TPSA) is 64.2 Å². The zero-order valence-electron chi connectivity index (χ0n) is 10.4. The van der Waals surface area contributed by atoms with Gasteiger partial charge in [-0.25, -0.2) is 0 Å². The van der Waals surface area contributed by atoms with Gasteiger partial charge in [0, 0.05) is 31.5 Å². The molecule has 2 heterocycles. The van der Waals surface area contributed by atoms with Crippen LogP contribution in [0.3, 0.4) is 0 Å². The Balaban J connectivity index is 1.97. The molecule has 1 aromatic heterocycles. The fourth-order valence-electron chi connectivity index (χ4n) is 2.30. The number of nitrogens with two attached hydrogens (primary N) is 1. The van der Waals surface area contributed by atoms with Crippen molar-refractivity contribution in [1.29, 1.82) is 0 Å². The Morgan fingerprint density at radius 1 is 1.53 bits per heavy atom. The van der Waals surface area contributed by atoms with E-state index in [0.29, 0.717) is 5.92 Å². The Morgan fingerprint density at radius 2 is 2.29 bits per heavy atom. The third kappa shape index (κ3) is 2.49. The molecule has 0 saturated carbocycles. The molecule has 0 bridgehead atoms. The Labute approximate surface area is 102 Å². The molecule has 5 nitrogen and oxygen atoms in total. The minimum absolute atomic E-state index is 0.136. The first kappa shape index (κ1) is 12.1. The number of carbonyl (C=O) groups is 1. The monoisotopic (exact) mass is 236 g/mol. The lowest BCUT2D eigenvalue weighted by molar-refractivity contribution is -0.133. The zero-order chi connectivity index (χ0) is 12.4. The van der Waals surface area contributed by atoms with E-state index in [1.807, 2.05) is 31.0 Å². The molecule has 5 heteroatoms. The largest absolute Gasteiger partial charge is 0.341 e. The van der Waals surface area contributed by atoms with Gasteiger partial charge in [0.05, 0.1) is 0 Å². The van der Waals surface area contributed by atoms with Gasteiger partial charge in [-0.15, -0.1) is 0 Å². The molecule has 3 unspecified atom stereocenters. The summed E-state index contributed by atoms with van der Waals surface area (Å²) < 4.78 is 1.70. The molecule has 1 amide bonds. The van der Waals surface area contributed by atoms with Crippen LogP contribution < -0.4 is 5.73 Å². The van der Waals surface area contributed by atoms with E-state index in [1.54, 1.807) is 10.9 Å². The molecule has 3 atom stereocenters. The van der Waals surface area contributed by atoms with E-state index >= 15 is 0 Å². The second kappa shape index (κ2) is 4.87. The molecule has 0 aliphatic carbocycles. The summed E-state index contributed by atoms with van der Waals surface area (Å²) in [5, 5.41) is 4.11. The van der Waals surface area contributed by atoms with Crippen LogP contribution in [0.15, 0.2) is 18.5 Å². The second-order valence-electron chi connectivity index (χ2n) is 4.85. The Kier molecular flexibility index (Phi) is 3.47. The van der Waals surface area contributed by atoms with Gasteiger partial charge in [0.2, 0.25) is 5.91 Å². The van der Waals surface area contributed by atoms with Crippen molar-refractivity contribution in [3.63, 3.8) is 0 Å². The van der Waals surface area contributed by atoms with Gasteiger partial charge in [-0.2, -0.15) is 5.10 Å². The molecule has 17 heavy (non-hydrogen) atoms. The van der Waals surface area contributed by atoms with E-state index in [4.69, 9.17) is 5.73 Å². The van der Waals surface area contributed by atoms with Crippen LogP contribution >= 0.6 is 0 Å². The van der Waals surface area contributed by atoms with E-state index in [9.17, 15) is 4.79 Å². The van der Waals surface area contributed by atoms with Crippen LogP contribution in [-0.4, -0.2) is 39.7 Å². The summed E-state index contributed by atoms with van der Waals surface area (Å²) in [7, 11) is 0. The smallest absolute Gasteiger partial charge is 0.247 e. The third-order valence-electron chi connectivity index (χ3n) is 3.56. The van der Waals surface area contributed by atoms with Gasteiger partial charge in [0.1, 0.15) is 6.04 Å². The summed E-state index contributed by atoms with van der Waals surface area (Å²) in [4.78, 5) is 14.1. The van der Waals surface area contributed by atoms with E-state index in [0.717, 1.165) is 19.5 Å². The van der Waals surface area contributed by atoms with Gasteiger partial charge < -0.3 is 10.6 Å². The fraction of sp³-hybridized carbons (Fsp3) is 0.667. The standard InChI is InChI=1S/C12H20N4O/c1-9(13)11-4-7-15(8-11)12(17)10(2)16-6-3-5-14-16/h3,5-6,9-11H,4,7-8,13H2,1-2H3. The molecule has 0 radical (unpaired) electrons. The van der Waals surface area contributed by atoms with Crippen LogP contribution in [0, 0.1) is 5.92 Å². The molecule has 1 saturated heterocycles. The highest BCUT2D eigenvalue weighted by atomic mass is 16.2. The molecule has 1 aliphatic heterocycles. The number of amides is 1. The van der Waals surface area contributed by atoms with Gasteiger partial charge in [-0.3, -0.25) is 9.48 Å². The van der Waals surface area contributed by atoms with Crippen molar-refractivity contribution in [2.45, 2.75) is 32.4 Å². The first-order valence-electron chi connectivity index (χ1n) is 6.13. The zero-order valence-corrected chi connectivity index (χ0v) is 10.4. The number of nitrogens with zero attached hydrogens (tertiary/aromatic N) is 3. The Morgan fingerprint density at radius 3 is 2.82 bits per heavy atom. The fourth-order valence-corrected chi connectivity index (χ4v) is 2.30. The molecule has 2 rings (SSSR count). The number of hydrogen-bond acceptors (Lipinski definition) is 3. The lowest BCUT2D eigenvalue weighted by atomic mass is 10.0. The minimum Gasteiger partial charge on any atom is -0.341 e. The van der Waals surface area contributed by atoms with E-state index in [-0.39, 0.29) is 18.0 Å². The van der Waals surface area contributed by atoms with Gasteiger partial charge in [-0.05, 0) is 32.3 Å². The first-order chi connectivity index (χ1) is 8.09. The van der Waals surface area contributed by atoms with Gasteiger partial charge >= 0.3 is 0 Å². The van der Waals surface area contributed by atoms with E-state index in [1.165, 1.54) is 0 Å². The van der Waals surface area contributed by atoms with Crippen LogP contribution in [-0.2, 0) is 4.79 Å². The summed E-state index contributed by atoms with van der Waals surface area (Å²) in [5.74, 6) is 0.570. The van der Waals surface area contributed by atoms with E-state index < -0.39 is 0 Å². The Hall–Kier alpha value is -1.36. The molecule has 1 aromatic rings. The van der Waals surface area contributed by atoms with Gasteiger partial charge in [-0.1, -0.05) is 0 Å². The summed E-state index contributed by atoms with van der Waals surface area (Å²) in [6, 6.07) is 1.77. The number of rotatable bonds is 3. The first-order valence-corrected chi connectivity index (χ1v) is 6.13. The van der Waals surface area contributed by atoms with Crippen molar-refractivity contribution in [1.82, 2.24) is 14.7 Å². The van der Waals surface area contributed by atoms with Crippen molar-refractivity contribution >= 4 is 5.91 Å². The summed E-state index contributed by atoms with van der Waals surface area (Å²) in [6.07, 6.45) is 4.52. The van der Waals surface area contributed by atoms with Crippen molar-refractivity contribution in [3.05, 3.63) is 18.5 Å². The van der Waals surface area contributed by atoms with Crippen molar-refractivity contribution in [3.8, 4) is 0 Å². The maximum absolute atomic E-state index is 12.2. The number of aromatic nitrogens is 2. The normalized spacial score (nSPS) is 23.7. The highest BCUT2D eigenvalue weighted by molar-refractivity contribution is 5.80. The SMILES string of the molecule is CC(N)C1CCN(C(=O)C(C)n2cccn2)C1. The second-order valence-corrected chi connectivity index (χ2v) is 4.85. The predicted octanol–water partition coefficient (Wildman–Crippen LogP) is 0.640. The van der Waals surface area contributed by atoms with Crippen molar-refractivity contribution < 1.29 is 4.79 Å². The van der Waals surface area contributed by atoms with Gasteiger partial charge in [0.25, 0.3) is 0 Å². The quantitative estimate of drug-likeness (QED) is 0.837. The molecule has 94 valence electrons. The molecule has 1 aliphatic rings. The number of likely N-dealkylation sites (tertiary alicyclic amines) is 1. The molecule has 0 aromatic carbocycles. The van der Waals surface area contributed by atoms with Crippen LogP contribution in [0.25, 0.3) is 0 Å². The Bertz CT molecular complexity index is 374. The average molecular weight is 236 g/mol. The van der Waals surface area contributed by atoms with E-state index in [2.05, 4.69) is 5.10 Å². The molecule has 0 spiro atoms. The summed E-state index contributed by atoms with van der Waals surface area (Å²) in [5.41, 5.74) is 5.88. The van der Waals surface area contributed by atoms with Crippen LogP contribution in [0.5, 0.6) is 0 Å². The molecular formula is C12H20N4O. The third-order valence-corrected chi connectivity index (χ3v) is 3.56. The molecule has 1 fully saturated rings. The van der Waals surface area contributed by atoms with Crippen LogP contribution in [0.2, 0.25) is 0 Å².